The number of piperidine rings is 1. The van der Waals surface area contributed by atoms with E-state index in [1.807, 2.05) is 0 Å². The van der Waals surface area contributed by atoms with Gasteiger partial charge in [0.25, 0.3) is 0 Å². The van der Waals surface area contributed by atoms with Crippen LogP contribution >= 0.6 is 0 Å². The van der Waals surface area contributed by atoms with Crippen LogP contribution in [0, 0.1) is 5.92 Å². The second-order valence-electron chi connectivity index (χ2n) is 5.62. The van der Waals surface area contributed by atoms with Gasteiger partial charge >= 0.3 is 0 Å². The molecule has 16 heavy (non-hydrogen) atoms. The number of nitrogens with one attached hydrogen (secondary N) is 1. The summed E-state index contributed by atoms with van der Waals surface area (Å²) in [7, 11) is 2.19. The Balaban J connectivity index is 1.52. The van der Waals surface area contributed by atoms with Gasteiger partial charge in [-0.3, -0.25) is 0 Å². The summed E-state index contributed by atoms with van der Waals surface area (Å²) in [5.41, 5.74) is 0. The maximum atomic E-state index is 5.98. The Kier molecular flexibility index (Phi) is 4.62. The fraction of sp³-hybridized carbons (Fsp3) is 1.00. The van der Waals surface area contributed by atoms with Crippen LogP contribution in [0.4, 0.5) is 0 Å². The van der Waals surface area contributed by atoms with E-state index in [9.17, 15) is 0 Å². The molecule has 1 saturated heterocycles. The van der Waals surface area contributed by atoms with Crippen molar-refractivity contribution in [2.24, 2.45) is 5.92 Å². The Labute approximate surface area is 99.5 Å². The molecule has 0 spiro atoms. The maximum absolute atomic E-state index is 5.98. The van der Waals surface area contributed by atoms with Crippen molar-refractivity contribution in [3.05, 3.63) is 0 Å². The maximum Gasteiger partial charge on any atom is 0.0599 e. The molecule has 2 aliphatic rings. The summed E-state index contributed by atoms with van der Waals surface area (Å²) >= 11 is 0. The summed E-state index contributed by atoms with van der Waals surface area (Å²) in [6.45, 7) is 6.72. The van der Waals surface area contributed by atoms with E-state index in [1.54, 1.807) is 0 Å². The molecule has 1 unspecified atom stereocenters. The smallest absolute Gasteiger partial charge is 0.0599 e. The lowest BCUT2D eigenvalue weighted by Gasteiger charge is -2.29. The monoisotopic (exact) mass is 226 g/mol. The first-order valence-electron chi connectivity index (χ1n) is 6.77. The molecular weight excluding hydrogens is 200 g/mol. The van der Waals surface area contributed by atoms with Gasteiger partial charge in [0.1, 0.15) is 0 Å². The zero-order valence-corrected chi connectivity index (χ0v) is 10.7. The van der Waals surface area contributed by atoms with Crippen LogP contribution in [0.3, 0.4) is 0 Å². The van der Waals surface area contributed by atoms with Crippen LogP contribution in [-0.2, 0) is 4.74 Å². The Bertz CT molecular complexity index is 198. The highest BCUT2D eigenvalue weighted by atomic mass is 16.5. The molecule has 1 aliphatic carbocycles. The topological polar surface area (TPSA) is 24.5 Å². The molecule has 1 aliphatic heterocycles. The number of ether oxygens (including phenoxy) is 1. The summed E-state index contributed by atoms with van der Waals surface area (Å²) in [6.07, 6.45) is 5.68. The lowest BCUT2D eigenvalue weighted by Crippen LogP contribution is -2.35. The molecule has 0 aromatic carbocycles. The number of rotatable bonds is 6. The molecule has 2 fully saturated rings. The quantitative estimate of drug-likeness (QED) is 0.742. The predicted molar refractivity (Wildman–Crippen MR) is 66.7 cm³/mol. The van der Waals surface area contributed by atoms with Gasteiger partial charge < -0.3 is 15.0 Å². The fourth-order valence-electron chi connectivity index (χ4n) is 2.17. The van der Waals surface area contributed by atoms with Crippen LogP contribution in [-0.4, -0.2) is 50.3 Å². The van der Waals surface area contributed by atoms with Gasteiger partial charge in [-0.25, -0.2) is 0 Å². The van der Waals surface area contributed by atoms with Gasteiger partial charge in [-0.05, 0) is 38.6 Å². The minimum Gasteiger partial charge on any atom is -0.378 e. The minimum absolute atomic E-state index is 0.513. The van der Waals surface area contributed by atoms with Crippen molar-refractivity contribution in [1.29, 1.82) is 0 Å². The molecule has 3 nitrogen and oxygen atoms in total. The lowest BCUT2D eigenvalue weighted by atomic mass is 10.1. The third-order valence-corrected chi connectivity index (χ3v) is 3.61. The third kappa shape index (κ3) is 4.40. The molecule has 0 aromatic rings. The Hall–Kier alpha value is -0.120. The van der Waals surface area contributed by atoms with Crippen molar-refractivity contribution >= 4 is 0 Å². The van der Waals surface area contributed by atoms with Crippen LogP contribution in [0.15, 0.2) is 0 Å². The van der Waals surface area contributed by atoms with Crippen molar-refractivity contribution in [2.75, 3.05) is 33.3 Å². The summed E-state index contributed by atoms with van der Waals surface area (Å²) < 4.78 is 5.98. The Morgan fingerprint density at radius 2 is 1.94 bits per heavy atom. The standard InChI is InChI=1S/C13H26N2O/c1-11(9-14-12-3-4-12)10-16-13-5-7-15(2)8-6-13/h11-14H,3-10H2,1-2H3. The Morgan fingerprint density at radius 3 is 2.56 bits per heavy atom. The van der Waals surface area contributed by atoms with E-state index in [0.29, 0.717) is 12.0 Å². The van der Waals surface area contributed by atoms with Crippen molar-refractivity contribution in [1.82, 2.24) is 10.2 Å². The van der Waals surface area contributed by atoms with Crippen molar-refractivity contribution in [3.8, 4) is 0 Å². The second-order valence-corrected chi connectivity index (χ2v) is 5.62. The van der Waals surface area contributed by atoms with Crippen molar-refractivity contribution < 1.29 is 4.74 Å². The summed E-state index contributed by atoms with van der Waals surface area (Å²) in [5, 5.41) is 3.56. The van der Waals surface area contributed by atoms with E-state index in [-0.39, 0.29) is 0 Å². The average molecular weight is 226 g/mol. The summed E-state index contributed by atoms with van der Waals surface area (Å²) in [5.74, 6) is 0.653. The largest absolute Gasteiger partial charge is 0.378 e. The molecule has 0 amide bonds. The molecule has 1 atom stereocenters. The lowest BCUT2D eigenvalue weighted by molar-refractivity contribution is -0.00245. The molecule has 0 radical (unpaired) electrons. The number of hydrogen-bond acceptors (Lipinski definition) is 3. The van der Waals surface area contributed by atoms with Crippen LogP contribution in [0.2, 0.25) is 0 Å². The highest BCUT2D eigenvalue weighted by Crippen LogP contribution is 2.19. The predicted octanol–water partition coefficient (Wildman–Crippen LogP) is 1.49. The average Bonchev–Trinajstić information content (AvgIpc) is 3.09. The molecule has 94 valence electrons. The minimum atomic E-state index is 0.513. The summed E-state index contributed by atoms with van der Waals surface area (Å²) in [6, 6.07) is 0.825. The van der Waals surface area contributed by atoms with Gasteiger partial charge in [-0.1, -0.05) is 6.92 Å². The highest BCUT2D eigenvalue weighted by Gasteiger charge is 2.21. The van der Waals surface area contributed by atoms with Gasteiger partial charge in [0.15, 0.2) is 0 Å². The number of nitrogens with zero attached hydrogens (tertiary/aromatic N) is 1. The molecule has 1 N–H and O–H groups in total. The third-order valence-electron chi connectivity index (χ3n) is 3.61. The molecule has 2 rings (SSSR count). The van der Waals surface area contributed by atoms with E-state index in [2.05, 4.69) is 24.2 Å². The molecule has 1 heterocycles. The number of likely N-dealkylation sites (tertiary alicyclic amines) is 1. The number of hydrogen-bond donors (Lipinski definition) is 1. The first-order chi connectivity index (χ1) is 7.74. The van der Waals surface area contributed by atoms with Crippen LogP contribution in [0.5, 0.6) is 0 Å². The molecule has 0 aromatic heterocycles. The van der Waals surface area contributed by atoms with Crippen LogP contribution in [0.25, 0.3) is 0 Å². The van der Waals surface area contributed by atoms with Crippen LogP contribution < -0.4 is 5.32 Å². The van der Waals surface area contributed by atoms with Crippen molar-refractivity contribution in [3.63, 3.8) is 0 Å². The van der Waals surface area contributed by atoms with Gasteiger partial charge in [0, 0.05) is 25.7 Å². The van der Waals surface area contributed by atoms with E-state index in [0.717, 1.165) is 19.2 Å². The van der Waals surface area contributed by atoms with E-state index in [1.165, 1.54) is 38.8 Å². The van der Waals surface area contributed by atoms with E-state index in [4.69, 9.17) is 4.74 Å². The fourth-order valence-corrected chi connectivity index (χ4v) is 2.17. The molecule has 1 saturated carbocycles. The molecule has 0 bridgehead atoms. The first-order valence-corrected chi connectivity index (χ1v) is 6.77. The van der Waals surface area contributed by atoms with Gasteiger partial charge in [0.05, 0.1) is 12.7 Å². The zero-order chi connectivity index (χ0) is 11.4. The Morgan fingerprint density at radius 1 is 1.25 bits per heavy atom. The van der Waals surface area contributed by atoms with Gasteiger partial charge in [-0.15, -0.1) is 0 Å². The van der Waals surface area contributed by atoms with Crippen LogP contribution in [0.1, 0.15) is 32.6 Å². The van der Waals surface area contributed by atoms with E-state index >= 15 is 0 Å². The van der Waals surface area contributed by atoms with Gasteiger partial charge in [0.2, 0.25) is 0 Å². The molecule has 3 heteroatoms. The van der Waals surface area contributed by atoms with E-state index < -0.39 is 0 Å². The van der Waals surface area contributed by atoms with Crippen molar-refractivity contribution in [2.45, 2.75) is 44.8 Å². The normalized spacial score (nSPS) is 25.9. The molecular formula is C13H26N2O. The highest BCUT2D eigenvalue weighted by molar-refractivity contribution is 4.81. The zero-order valence-electron chi connectivity index (χ0n) is 10.7. The first kappa shape index (κ1) is 12.3. The SMILES string of the molecule is CC(CNC1CC1)COC1CCN(C)CC1. The summed E-state index contributed by atoms with van der Waals surface area (Å²) in [4.78, 5) is 2.39. The second kappa shape index (κ2) is 5.99. The van der Waals surface area contributed by atoms with Gasteiger partial charge in [-0.2, -0.15) is 0 Å².